The van der Waals surface area contributed by atoms with Gasteiger partial charge >= 0.3 is 5.97 Å². The van der Waals surface area contributed by atoms with Crippen molar-refractivity contribution in [2.45, 2.75) is 104 Å². The van der Waals surface area contributed by atoms with Crippen LogP contribution in [0.25, 0.3) is 0 Å². The van der Waals surface area contributed by atoms with Crippen molar-refractivity contribution in [3.63, 3.8) is 0 Å². The smallest absolute Gasteiger partial charge is 0.311 e. The average molecular weight is 724 g/mol. The van der Waals surface area contributed by atoms with E-state index in [1.54, 1.807) is 49.3 Å². The number of aliphatic hydroxyl groups excluding tert-OH is 4. The lowest BCUT2D eigenvalue weighted by Gasteiger charge is -2.39. The molecule has 278 valence electrons. The Hall–Kier alpha value is -1.92. The zero-order chi connectivity index (χ0) is 36.7. The third-order valence-corrected chi connectivity index (χ3v) is 10.5. The summed E-state index contributed by atoms with van der Waals surface area (Å²) in [5.74, 6) is -0.527. The number of esters is 1. The molecule has 48 heavy (non-hydrogen) atoms. The van der Waals surface area contributed by atoms with Crippen LogP contribution in [0, 0.1) is 16.7 Å². The van der Waals surface area contributed by atoms with Gasteiger partial charge in [-0.1, -0.05) is 48.9 Å². The minimum atomic E-state index is -1.61. The Morgan fingerprint density at radius 3 is 2.08 bits per heavy atom. The summed E-state index contributed by atoms with van der Waals surface area (Å²) in [7, 11) is 3.14. The summed E-state index contributed by atoms with van der Waals surface area (Å²) < 4.78 is 16.4. The molecule has 1 aliphatic rings. The van der Waals surface area contributed by atoms with Crippen molar-refractivity contribution in [1.82, 2.24) is 16.0 Å². The first-order chi connectivity index (χ1) is 22.4. The highest BCUT2D eigenvalue weighted by molar-refractivity contribution is 8.76. The maximum atomic E-state index is 13.7. The van der Waals surface area contributed by atoms with Crippen molar-refractivity contribution >= 4 is 45.3 Å². The zero-order valence-electron chi connectivity index (χ0n) is 29.3. The van der Waals surface area contributed by atoms with Crippen molar-refractivity contribution in [2.24, 2.45) is 16.7 Å². The predicted octanol–water partition coefficient (Wildman–Crippen LogP) is 0.900. The summed E-state index contributed by atoms with van der Waals surface area (Å²) in [6.45, 7) is 15.7. The van der Waals surface area contributed by atoms with Crippen LogP contribution in [-0.2, 0) is 33.4 Å². The highest BCUT2D eigenvalue weighted by Crippen LogP contribution is 2.42. The van der Waals surface area contributed by atoms with E-state index in [1.165, 1.54) is 0 Å². The molecule has 0 aromatic rings. The van der Waals surface area contributed by atoms with E-state index < -0.39 is 60.0 Å². The van der Waals surface area contributed by atoms with Crippen LogP contribution in [0.15, 0.2) is 12.2 Å². The lowest BCUT2D eigenvalue weighted by atomic mass is 9.67. The summed E-state index contributed by atoms with van der Waals surface area (Å²) in [5, 5.41) is 48.1. The van der Waals surface area contributed by atoms with Gasteiger partial charge < -0.3 is 50.6 Å². The van der Waals surface area contributed by atoms with Gasteiger partial charge in [0.2, 0.25) is 17.7 Å². The number of hydrogen-bond acceptors (Lipinski definition) is 13. The number of aliphatic hydroxyl groups is 4. The van der Waals surface area contributed by atoms with Crippen LogP contribution in [0.3, 0.4) is 0 Å². The molecule has 8 atom stereocenters. The van der Waals surface area contributed by atoms with E-state index in [-0.39, 0.29) is 49.8 Å². The zero-order valence-corrected chi connectivity index (χ0v) is 30.9. The first kappa shape index (κ1) is 44.1. The molecule has 1 aliphatic heterocycles. The molecule has 1 saturated heterocycles. The fourth-order valence-electron chi connectivity index (χ4n) is 5.22. The molecular formula is C32H57N3O11S2. The van der Waals surface area contributed by atoms with E-state index in [4.69, 9.17) is 14.2 Å². The van der Waals surface area contributed by atoms with Crippen LogP contribution < -0.4 is 16.0 Å². The second kappa shape index (κ2) is 21.3. The van der Waals surface area contributed by atoms with Crippen LogP contribution in [0.4, 0.5) is 0 Å². The highest BCUT2D eigenvalue weighted by Gasteiger charge is 2.47. The fourth-order valence-corrected chi connectivity index (χ4v) is 7.04. The lowest BCUT2D eigenvalue weighted by molar-refractivity contribution is -0.302. The second-order valence-corrected chi connectivity index (χ2v) is 15.8. The first-order valence-corrected chi connectivity index (χ1v) is 18.8. The van der Waals surface area contributed by atoms with Gasteiger partial charge in [-0.2, -0.15) is 0 Å². The molecule has 8 unspecified atom stereocenters. The number of amides is 3. The van der Waals surface area contributed by atoms with Gasteiger partial charge in [-0.3, -0.25) is 19.2 Å². The standard InChI is InChI=1S/C32H57N3O11S2/c1-9-31(7,29(42)34-11-15-48-47-14-10-33-26(40)19(2)3)18-32(8,16-21(6)27(41)35-20(4)5)30(43)45-13-12-44-28-25(39)24(38)23(37)22(17-36)46-28/h20-25,28,36-39H,2,9-18H2,1,3-8H3,(H,33,40)(H,34,42)(H,35,41). The third-order valence-electron chi connectivity index (χ3n) is 8.10. The van der Waals surface area contributed by atoms with Crippen LogP contribution in [0.5, 0.6) is 0 Å². The van der Waals surface area contributed by atoms with Crippen molar-refractivity contribution < 1.29 is 53.8 Å². The summed E-state index contributed by atoms with van der Waals surface area (Å²) in [5.41, 5.74) is -1.77. The molecule has 0 radical (unpaired) electrons. The molecule has 0 aromatic heterocycles. The number of nitrogens with one attached hydrogen (secondary N) is 3. The molecule has 0 saturated carbocycles. The van der Waals surface area contributed by atoms with Gasteiger partial charge in [0.25, 0.3) is 0 Å². The van der Waals surface area contributed by atoms with Gasteiger partial charge in [0, 0.05) is 47.5 Å². The molecule has 0 aliphatic carbocycles. The van der Waals surface area contributed by atoms with Crippen molar-refractivity contribution in [1.29, 1.82) is 0 Å². The summed E-state index contributed by atoms with van der Waals surface area (Å²) >= 11 is 0. The topological polar surface area (TPSA) is 213 Å². The Balaban J connectivity index is 2.86. The van der Waals surface area contributed by atoms with Crippen molar-refractivity contribution in [3.05, 3.63) is 12.2 Å². The molecule has 16 heteroatoms. The molecule has 14 nitrogen and oxygen atoms in total. The lowest BCUT2D eigenvalue weighted by Crippen LogP contribution is -2.59. The molecule has 0 bridgehead atoms. The van der Waals surface area contributed by atoms with E-state index >= 15 is 0 Å². The minimum absolute atomic E-state index is 0.0956. The van der Waals surface area contributed by atoms with Crippen molar-refractivity contribution in [3.8, 4) is 0 Å². The minimum Gasteiger partial charge on any atom is -0.463 e. The second-order valence-electron chi connectivity index (χ2n) is 13.1. The average Bonchev–Trinajstić information content (AvgIpc) is 3.02. The van der Waals surface area contributed by atoms with Crippen LogP contribution in [0.2, 0.25) is 0 Å². The molecule has 1 fully saturated rings. The van der Waals surface area contributed by atoms with E-state index in [2.05, 4.69) is 22.5 Å². The SMILES string of the molecule is C=C(C)C(=O)NCCSSCCNC(=O)C(C)(CC)CC(C)(CC(C)C(=O)NC(C)C)C(=O)OCCOC1OC(CO)C(O)C(O)C1O. The summed E-state index contributed by atoms with van der Waals surface area (Å²) in [6.07, 6.45) is -6.65. The fraction of sp³-hybridized carbons (Fsp3) is 0.812. The van der Waals surface area contributed by atoms with E-state index in [0.29, 0.717) is 36.6 Å². The molecule has 3 amide bonds. The quantitative estimate of drug-likeness (QED) is 0.0359. The third kappa shape index (κ3) is 14.1. The van der Waals surface area contributed by atoms with Gasteiger partial charge in [0.1, 0.15) is 31.0 Å². The first-order valence-electron chi connectivity index (χ1n) is 16.3. The number of carbonyl (C=O) groups is 4. The summed E-state index contributed by atoms with van der Waals surface area (Å²) in [6, 6.07) is -0.101. The van der Waals surface area contributed by atoms with E-state index in [1.807, 2.05) is 20.8 Å². The van der Waals surface area contributed by atoms with Gasteiger partial charge in [-0.05, 0) is 47.0 Å². The normalized spacial score (nSPS) is 24.1. The van der Waals surface area contributed by atoms with Crippen LogP contribution in [-0.4, -0.2) is 125 Å². The van der Waals surface area contributed by atoms with Gasteiger partial charge in [-0.25, -0.2) is 0 Å². The predicted molar refractivity (Wildman–Crippen MR) is 185 cm³/mol. The molecule has 0 aromatic carbocycles. The Morgan fingerprint density at radius 1 is 0.938 bits per heavy atom. The number of hydrogen-bond donors (Lipinski definition) is 7. The molecule has 7 N–H and O–H groups in total. The molecule has 1 heterocycles. The monoisotopic (exact) mass is 723 g/mol. The molecule has 0 spiro atoms. The van der Waals surface area contributed by atoms with E-state index in [0.717, 1.165) is 0 Å². The highest BCUT2D eigenvalue weighted by atomic mass is 33.1. The largest absolute Gasteiger partial charge is 0.463 e. The Kier molecular flexibility index (Phi) is 19.6. The van der Waals surface area contributed by atoms with Crippen LogP contribution >= 0.6 is 21.6 Å². The van der Waals surface area contributed by atoms with Gasteiger partial charge in [0.15, 0.2) is 6.29 Å². The van der Waals surface area contributed by atoms with Crippen LogP contribution in [0.1, 0.15) is 67.7 Å². The maximum Gasteiger partial charge on any atom is 0.311 e. The Bertz CT molecular complexity index is 1070. The number of rotatable bonds is 22. The van der Waals surface area contributed by atoms with E-state index in [9.17, 15) is 39.6 Å². The maximum absolute atomic E-state index is 13.7. The molecule has 1 rings (SSSR count). The van der Waals surface area contributed by atoms with Gasteiger partial charge in [0.05, 0.1) is 18.6 Å². The van der Waals surface area contributed by atoms with Crippen molar-refractivity contribution in [2.75, 3.05) is 44.4 Å². The Labute approximate surface area is 292 Å². The molecular weight excluding hydrogens is 666 g/mol. The number of ether oxygens (including phenoxy) is 3. The number of carbonyl (C=O) groups excluding carboxylic acids is 4. The summed E-state index contributed by atoms with van der Waals surface area (Å²) in [4.78, 5) is 51.5. The Morgan fingerprint density at radius 2 is 1.54 bits per heavy atom. The van der Waals surface area contributed by atoms with Gasteiger partial charge in [-0.15, -0.1) is 0 Å².